The molecule has 0 aliphatic carbocycles. The van der Waals surface area contributed by atoms with E-state index in [1.807, 2.05) is 78.9 Å². The van der Waals surface area contributed by atoms with Crippen molar-refractivity contribution in [1.29, 1.82) is 0 Å². The Hall–Kier alpha value is -4.00. The van der Waals surface area contributed by atoms with E-state index in [9.17, 15) is 14.4 Å². The first kappa shape index (κ1) is 22.9. The molecule has 8 rings (SSSR count). The van der Waals surface area contributed by atoms with Crippen LogP contribution in [0, 0.1) is 5.92 Å². The van der Waals surface area contributed by atoms with Crippen LogP contribution in [0.1, 0.15) is 34.3 Å². The van der Waals surface area contributed by atoms with Gasteiger partial charge in [-0.05, 0) is 53.9 Å². The van der Waals surface area contributed by atoms with Gasteiger partial charge in [-0.2, -0.15) is 0 Å². The molecule has 2 saturated heterocycles. The van der Waals surface area contributed by atoms with E-state index in [1.54, 1.807) is 6.07 Å². The Morgan fingerprint density at radius 2 is 1.62 bits per heavy atom. The number of benzene rings is 4. The Bertz CT molecular complexity index is 1770. The molecule has 0 radical (unpaired) electrons. The number of nitrogens with zero attached hydrogens (tertiary/aromatic N) is 1. The minimum absolute atomic E-state index is 0.121. The number of anilines is 2. The number of hydrogen-bond donors (Lipinski definition) is 2. The standard InChI is InChI=1S/C32H24ClN3O3/c33-23-11-5-10-22-27(23)35-30(39)32(22)31(21-9-3-4-12-24(21)34-29(31)38)26(25-13-6-16-36(25)32)28(37)20-15-14-18-7-1-2-8-19(18)17-20/h1-5,7-12,14-15,17,25-26H,6,13,16H2,(H,34,38)(H,35,39)/t25-,26+,31+,32-/m1/s1. The van der Waals surface area contributed by atoms with Gasteiger partial charge in [0, 0.05) is 22.9 Å². The second-order valence-electron chi connectivity index (χ2n) is 10.9. The number of halogens is 1. The summed E-state index contributed by atoms with van der Waals surface area (Å²) < 4.78 is 0. The van der Waals surface area contributed by atoms with Crippen molar-refractivity contribution in [2.24, 2.45) is 5.92 Å². The molecule has 192 valence electrons. The third-order valence-electron chi connectivity index (χ3n) is 9.40. The highest BCUT2D eigenvalue weighted by atomic mass is 35.5. The fraction of sp³-hybridized carbons (Fsp3) is 0.219. The van der Waals surface area contributed by atoms with E-state index >= 15 is 0 Å². The second-order valence-corrected chi connectivity index (χ2v) is 11.3. The summed E-state index contributed by atoms with van der Waals surface area (Å²) in [5.74, 6) is -1.52. The van der Waals surface area contributed by atoms with Gasteiger partial charge >= 0.3 is 0 Å². The minimum atomic E-state index is -1.47. The summed E-state index contributed by atoms with van der Waals surface area (Å²) in [5.41, 5.74) is 0.162. The maximum Gasteiger partial charge on any atom is 0.251 e. The van der Waals surface area contributed by atoms with Crippen LogP contribution in [0.3, 0.4) is 0 Å². The molecule has 7 heteroatoms. The molecule has 0 bridgehead atoms. The van der Waals surface area contributed by atoms with Crippen molar-refractivity contribution in [2.45, 2.75) is 29.8 Å². The summed E-state index contributed by atoms with van der Waals surface area (Å²) in [5, 5.41) is 8.52. The first-order valence-electron chi connectivity index (χ1n) is 13.3. The molecule has 4 aromatic carbocycles. The number of fused-ring (bicyclic) bond motifs is 8. The van der Waals surface area contributed by atoms with Crippen LogP contribution in [0.15, 0.2) is 84.9 Å². The van der Waals surface area contributed by atoms with Gasteiger partial charge in [-0.3, -0.25) is 19.3 Å². The molecule has 4 atom stereocenters. The summed E-state index contributed by atoms with van der Waals surface area (Å²) >= 11 is 6.62. The quantitative estimate of drug-likeness (QED) is 0.333. The van der Waals surface area contributed by atoms with E-state index in [-0.39, 0.29) is 23.6 Å². The molecule has 4 heterocycles. The lowest BCUT2D eigenvalue weighted by molar-refractivity contribution is -0.137. The van der Waals surface area contributed by atoms with Crippen LogP contribution >= 0.6 is 11.6 Å². The molecule has 4 aliphatic heterocycles. The van der Waals surface area contributed by atoms with Gasteiger partial charge in [0.05, 0.1) is 16.6 Å². The minimum Gasteiger partial charge on any atom is -0.325 e. The lowest BCUT2D eigenvalue weighted by atomic mass is 9.57. The van der Waals surface area contributed by atoms with E-state index in [2.05, 4.69) is 15.5 Å². The van der Waals surface area contributed by atoms with Gasteiger partial charge in [0.1, 0.15) is 11.0 Å². The van der Waals surface area contributed by atoms with Gasteiger partial charge in [0.15, 0.2) is 5.78 Å². The average Bonchev–Trinajstić information content (AvgIpc) is 3.67. The van der Waals surface area contributed by atoms with E-state index < -0.39 is 16.9 Å². The van der Waals surface area contributed by atoms with Crippen LogP contribution in [-0.2, 0) is 20.5 Å². The number of amides is 2. The molecule has 2 amide bonds. The highest BCUT2D eigenvalue weighted by molar-refractivity contribution is 6.35. The lowest BCUT2D eigenvalue weighted by Crippen LogP contribution is -2.62. The molecule has 0 unspecified atom stereocenters. The fourth-order valence-corrected chi connectivity index (χ4v) is 8.31. The predicted octanol–water partition coefficient (Wildman–Crippen LogP) is 5.51. The number of rotatable bonds is 2. The number of carbonyl (C=O) groups is 3. The van der Waals surface area contributed by atoms with Gasteiger partial charge in [-0.15, -0.1) is 0 Å². The molecule has 2 N–H and O–H groups in total. The Labute approximate surface area is 230 Å². The number of Topliss-reactive ketones (excluding diaryl/α,β-unsaturated/α-hetero) is 1. The third kappa shape index (κ3) is 2.59. The van der Waals surface area contributed by atoms with Gasteiger partial charge in [-0.25, -0.2) is 0 Å². The van der Waals surface area contributed by atoms with Crippen molar-refractivity contribution in [3.05, 3.63) is 107 Å². The number of nitrogens with one attached hydrogen (secondary N) is 2. The zero-order valence-corrected chi connectivity index (χ0v) is 21.7. The van der Waals surface area contributed by atoms with E-state index in [4.69, 9.17) is 11.6 Å². The Balaban J connectivity index is 1.46. The van der Waals surface area contributed by atoms with E-state index in [1.165, 1.54) is 0 Å². The van der Waals surface area contributed by atoms with E-state index in [0.717, 1.165) is 17.2 Å². The maximum absolute atomic E-state index is 14.8. The number of para-hydroxylation sites is 2. The normalized spacial score (nSPS) is 28.5. The predicted molar refractivity (Wildman–Crippen MR) is 150 cm³/mol. The zero-order chi connectivity index (χ0) is 26.5. The molecule has 2 spiro atoms. The highest BCUT2D eigenvalue weighted by Gasteiger charge is 2.81. The topological polar surface area (TPSA) is 78.5 Å². The summed E-state index contributed by atoms with van der Waals surface area (Å²) in [7, 11) is 0. The summed E-state index contributed by atoms with van der Waals surface area (Å²) in [6.07, 6.45) is 1.54. The van der Waals surface area contributed by atoms with Crippen LogP contribution < -0.4 is 10.6 Å². The van der Waals surface area contributed by atoms with Crippen molar-refractivity contribution in [3.63, 3.8) is 0 Å². The van der Waals surface area contributed by atoms with Crippen LogP contribution in [0.25, 0.3) is 10.8 Å². The van der Waals surface area contributed by atoms with Crippen molar-refractivity contribution in [2.75, 3.05) is 17.2 Å². The maximum atomic E-state index is 14.8. The molecule has 4 aliphatic rings. The van der Waals surface area contributed by atoms with Gasteiger partial charge in [0.2, 0.25) is 5.91 Å². The second kappa shape index (κ2) is 7.78. The molecule has 0 saturated carbocycles. The molecule has 6 nitrogen and oxygen atoms in total. The van der Waals surface area contributed by atoms with Crippen LogP contribution in [0.2, 0.25) is 5.02 Å². The number of carbonyl (C=O) groups excluding carboxylic acids is 3. The monoisotopic (exact) mass is 533 g/mol. The molecule has 39 heavy (non-hydrogen) atoms. The van der Waals surface area contributed by atoms with Crippen LogP contribution in [0.5, 0.6) is 0 Å². The summed E-state index contributed by atoms with van der Waals surface area (Å²) in [6.45, 7) is 0.600. The Morgan fingerprint density at radius 1 is 0.846 bits per heavy atom. The summed E-state index contributed by atoms with van der Waals surface area (Å²) in [6, 6.07) is 26.3. The largest absolute Gasteiger partial charge is 0.325 e. The van der Waals surface area contributed by atoms with Crippen molar-refractivity contribution in [3.8, 4) is 0 Å². The summed E-state index contributed by atoms with van der Waals surface area (Å²) in [4.78, 5) is 45.9. The molecular weight excluding hydrogens is 510 g/mol. The molecular formula is C32H24ClN3O3. The Morgan fingerprint density at radius 3 is 2.49 bits per heavy atom. The fourth-order valence-electron chi connectivity index (χ4n) is 8.09. The highest BCUT2D eigenvalue weighted by Crippen LogP contribution is 2.68. The van der Waals surface area contributed by atoms with Crippen LogP contribution in [-0.4, -0.2) is 35.1 Å². The number of hydrogen-bond acceptors (Lipinski definition) is 4. The zero-order valence-electron chi connectivity index (χ0n) is 20.9. The number of ketones is 1. The SMILES string of the molecule is O=C(c1ccc2ccccc2c1)[C@@H]1[C@H]2CCCN2[C@]2(C(=O)Nc3c(Cl)cccc32)[C@]12C(=O)Nc1ccccc12. The first-order chi connectivity index (χ1) is 19.0. The molecule has 4 aromatic rings. The van der Waals surface area contributed by atoms with Crippen molar-refractivity contribution in [1.82, 2.24) is 4.90 Å². The Kier molecular flexibility index (Phi) is 4.57. The average molecular weight is 534 g/mol. The first-order valence-corrected chi connectivity index (χ1v) is 13.7. The van der Waals surface area contributed by atoms with Crippen molar-refractivity contribution < 1.29 is 14.4 Å². The van der Waals surface area contributed by atoms with Crippen molar-refractivity contribution >= 4 is 51.3 Å². The van der Waals surface area contributed by atoms with Gasteiger partial charge < -0.3 is 10.6 Å². The third-order valence-corrected chi connectivity index (χ3v) is 9.71. The lowest BCUT2D eigenvalue weighted by Gasteiger charge is -2.43. The van der Waals surface area contributed by atoms with E-state index in [0.29, 0.717) is 46.1 Å². The molecule has 0 aromatic heterocycles. The van der Waals surface area contributed by atoms with Crippen LogP contribution in [0.4, 0.5) is 11.4 Å². The van der Waals surface area contributed by atoms with Gasteiger partial charge in [0.25, 0.3) is 5.91 Å². The smallest absolute Gasteiger partial charge is 0.251 e. The molecule has 2 fully saturated rings. The van der Waals surface area contributed by atoms with Gasteiger partial charge in [-0.1, -0.05) is 78.3 Å².